The number of fused-ring (bicyclic) bond motifs is 1. The number of anilines is 1. The number of nitrogens with zero attached hydrogens (tertiary/aromatic N) is 5. The average molecular weight is 377 g/mol. The highest BCUT2D eigenvalue weighted by molar-refractivity contribution is 5.48. The van der Waals surface area contributed by atoms with Crippen LogP contribution in [0.15, 0.2) is 30.3 Å². The number of hydrogen-bond donors (Lipinski definition) is 0. The molecule has 0 amide bonds. The van der Waals surface area contributed by atoms with E-state index < -0.39 is 12.0 Å². The van der Waals surface area contributed by atoms with Crippen molar-refractivity contribution in [1.29, 1.82) is 0 Å². The Kier molecular flexibility index (Phi) is 4.26. The van der Waals surface area contributed by atoms with Gasteiger partial charge in [0.2, 0.25) is 0 Å². The lowest BCUT2D eigenvalue weighted by Crippen LogP contribution is -2.39. The Labute approximate surface area is 153 Å². The van der Waals surface area contributed by atoms with E-state index in [0.717, 1.165) is 15.6 Å². The smallest absolute Gasteiger partial charge is 0.370 e. The van der Waals surface area contributed by atoms with E-state index in [1.165, 1.54) is 0 Å². The minimum absolute atomic E-state index is 0.0590. The number of aromatic nitrogens is 4. The van der Waals surface area contributed by atoms with Crippen molar-refractivity contribution in [2.75, 3.05) is 24.6 Å². The van der Waals surface area contributed by atoms with Crippen LogP contribution in [0.1, 0.15) is 28.7 Å². The summed E-state index contributed by atoms with van der Waals surface area (Å²) in [5, 5.41) is 3.65. The Morgan fingerprint density at radius 2 is 1.93 bits per heavy atom. The summed E-state index contributed by atoms with van der Waals surface area (Å²) < 4.78 is 46.2. The van der Waals surface area contributed by atoms with Crippen molar-refractivity contribution in [3.63, 3.8) is 0 Å². The van der Waals surface area contributed by atoms with E-state index >= 15 is 0 Å². The van der Waals surface area contributed by atoms with Gasteiger partial charge in [-0.15, -0.1) is 5.10 Å². The third-order valence-electron chi connectivity index (χ3n) is 4.60. The van der Waals surface area contributed by atoms with Gasteiger partial charge in [0.15, 0.2) is 0 Å². The normalized spacial score (nSPS) is 18.3. The Balaban J connectivity index is 1.73. The standard InChI is InChI=1S/C18H18F3N5O/c1-11-5-3-4-6-13(11)14-10-25(7-8-27-14)15-9-12(2)22-17-23-16(18(19,20)21)24-26(15)17/h3-6,9,14H,7-8,10H2,1-2H3. The van der Waals surface area contributed by atoms with Gasteiger partial charge in [0, 0.05) is 24.8 Å². The van der Waals surface area contributed by atoms with Crippen molar-refractivity contribution >= 4 is 11.6 Å². The highest BCUT2D eigenvalue weighted by Crippen LogP contribution is 2.30. The molecule has 27 heavy (non-hydrogen) atoms. The van der Waals surface area contributed by atoms with Crippen LogP contribution >= 0.6 is 0 Å². The van der Waals surface area contributed by atoms with Crippen LogP contribution < -0.4 is 4.90 Å². The number of ether oxygens (including phenoxy) is 1. The molecule has 0 aliphatic carbocycles. The van der Waals surface area contributed by atoms with E-state index in [-0.39, 0.29) is 11.9 Å². The highest BCUT2D eigenvalue weighted by Gasteiger charge is 2.37. The van der Waals surface area contributed by atoms with E-state index in [4.69, 9.17) is 4.74 Å². The maximum absolute atomic E-state index is 13.0. The van der Waals surface area contributed by atoms with Gasteiger partial charge in [0.25, 0.3) is 11.6 Å². The molecule has 2 aromatic heterocycles. The molecule has 0 radical (unpaired) electrons. The van der Waals surface area contributed by atoms with Gasteiger partial charge in [-0.25, -0.2) is 4.98 Å². The number of hydrogen-bond acceptors (Lipinski definition) is 5. The molecule has 1 fully saturated rings. The van der Waals surface area contributed by atoms with Gasteiger partial charge in [-0.1, -0.05) is 24.3 Å². The van der Waals surface area contributed by atoms with E-state index in [1.807, 2.05) is 36.1 Å². The zero-order valence-corrected chi connectivity index (χ0v) is 14.9. The van der Waals surface area contributed by atoms with Gasteiger partial charge in [-0.05, 0) is 25.0 Å². The Morgan fingerprint density at radius 1 is 1.15 bits per heavy atom. The average Bonchev–Trinajstić information content (AvgIpc) is 3.06. The van der Waals surface area contributed by atoms with Crippen LogP contribution in [0.2, 0.25) is 0 Å². The summed E-state index contributed by atoms with van der Waals surface area (Å²) in [7, 11) is 0. The predicted octanol–water partition coefficient (Wildman–Crippen LogP) is 3.34. The first kappa shape index (κ1) is 17.7. The van der Waals surface area contributed by atoms with Gasteiger partial charge in [-0.3, -0.25) is 0 Å². The molecule has 1 aliphatic rings. The number of alkyl halides is 3. The summed E-state index contributed by atoms with van der Waals surface area (Å²) in [6, 6.07) is 9.66. The fraction of sp³-hybridized carbons (Fsp3) is 0.389. The second-order valence-corrected chi connectivity index (χ2v) is 6.56. The maximum Gasteiger partial charge on any atom is 0.453 e. The molecule has 0 saturated carbocycles. The van der Waals surface area contributed by atoms with Crippen molar-refractivity contribution in [1.82, 2.24) is 19.6 Å². The van der Waals surface area contributed by atoms with Crippen LogP contribution in [0.25, 0.3) is 5.78 Å². The number of aryl methyl sites for hydroxylation is 2. The minimum atomic E-state index is -4.62. The Hall–Kier alpha value is -2.68. The first-order chi connectivity index (χ1) is 12.8. The highest BCUT2D eigenvalue weighted by atomic mass is 19.4. The maximum atomic E-state index is 13.0. The fourth-order valence-corrected chi connectivity index (χ4v) is 3.31. The second kappa shape index (κ2) is 6.49. The quantitative estimate of drug-likeness (QED) is 0.686. The van der Waals surface area contributed by atoms with Crippen molar-refractivity contribution < 1.29 is 17.9 Å². The van der Waals surface area contributed by atoms with Gasteiger partial charge >= 0.3 is 6.18 Å². The third-order valence-corrected chi connectivity index (χ3v) is 4.60. The summed E-state index contributed by atoms with van der Waals surface area (Å²) >= 11 is 0. The molecule has 0 N–H and O–H groups in total. The lowest BCUT2D eigenvalue weighted by molar-refractivity contribution is -0.144. The lowest BCUT2D eigenvalue weighted by atomic mass is 10.0. The fourth-order valence-electron chi connectivity index (χ4n) is 3.31. The van der Waals surface area contributed by atoms with Crippen LogP contribution in [0.3, 0.4) is 0 Å². The third kappa shape index (κ3) is 3.34. The molecule has 9 heteroatoms. The Bertz CT molecular complexity index is 985. The van der Waals surface area contributed by atoms with Crippen molar-refractivity contribution in [2.24, 2.45) is 0 Å². The minimum Gasteiger partial charge on any atom is -0.370 e. The van der Waals surface area contributed by atoms with E-state index in [0.29, 0.717) is 31.2 Å². The van der Waals surface area contributed by atoms with Gasteiger partial charge in [-0.2, -0.15) is 22.7 Å². The molecule has 1 atom stereocenters. The summed E-state index contributed by atoms with van der Waals surface area (Å²) in [5.41, 5.74) is 2.76. The lowest BCUT2D eigenvalue weighted by Gasteiger charge is -2.35. The SMILES string of the molecule is Cc1cc(N2CCOC(c3ccccc3C)C2)n2nc(C(F)(F)F)nc2n1. The second-order valence-electron chi connectivity index (χ2n) is 6.56. The van der Waals surface area contributed by atoms with Crippen molar-refractivity contribution in [3.8, 4) is 0 Å². The zero-order chi connectivity index (χ0) is 19.2. The molecule has 1 saturated heterocycles. The number of rotatable bonds is 2. The summed E-state index contributed by atoms with van der Waals surface area (Å²) in [4.78, 5) is 9.61. The summed E-state index contributed by atoms with van der Waals surface area (Å²) in [6.07, 6.45) is -4.79. The predicted molar refractivity (Wildman–Crippen MR) is 92.6 cm³/mol. The molecular weight excluding hydrogens is 359 g/mol. The van der Waals surface area contributed by atoms with Gasteiger partial charge in [0.1, 0.15) is 11.9 Å². The summed E-state index contributed by atoms with van der Waals surface area (Å²) in [6.45, 7) is 5.25. The van der Waals surface area contributed by atoms with E-state index in [1.54, 1.807) is 13.0 Å². The molecule has 1 aliphatic heterocycles. The number of halogens is 3. The van der Waals surface area contributed by atoms with Crippen LogP contribution in [-0.2, 0) is 10.9 Å². The van der Waals surface area contributed by atoms with Crippen LogP contribution in [0, 0.1) is 13.8 Å². The molecule has 0 bridgehead atoms. The number of morpholine rings is 1. The van der Waals surface area contributed by atoms with Gasteiger partial charge < -0.3 is 9.64 Å². The molecular formula is C18H18F3N5O. The van der Waals surface area contributed by atoms with Crippen molar-refractivity contribution in [3.05, 3.63) is 53.0 Å². The van der Waals surface area contributed by atoms with E-state index in [9.17, 15) is 13.2 Å². The monoisotopic (exact) mass is 377 g/mol. The molecule has 1 unspecified atom stereocenters. The molecule has 3 aromatic rings. The first-order valence-corrected chi connectivity index (χ1v) is 8.56. The van der Waals surface area contributed by atoms with Crippen LogP contribution in [0.4, 0.5) is 19.0 Å². The number of benzene rings is 1. The molecule has 6 nitrogen and oxygen atoms in total. The van der Waals surface area contributed by atoms with Crippen LogP contribution in [-0.4, -0.2) is 39.3 Å². The first-order valence-electron chi connectivity index (χ1n) is 8.56. The molecule has 4 rings (SSSR count). The van der Waals surface area contributed by atoms with Crippen molar-refractivity contribution in [2.45, 2.75) is 26.1 Å². The molecule has 0 spiro atoms. The Morgan fingerprint density at radius 3 is 2.67 bits per heavy atom. The zero-order valence-electron chi connectivity index (χ0n) is 14.9. The topological polar surface area (TPSA) is 55.6 Å². The molecule has 1 aromatic carbocycles. The van der Waals surface area contributed by atoms with Gasteiger partial charge in [0.05, 0.1) is 6.61 Å². The van der Waals surface area contributed by atoms with Crippen LogP contribution in [0.5, 0.6) is 0 Å². The largest absolute Gasteiger partial charge is 0.453 e. The molecule has 3 heterocycles. The molecule has 142 valence electrons. The van der Waals surface area contributed by atoms with E-state index in [2.05, 4.69) is 15.1 Å². The summed E-state index contributed by atoms with van der Waals surface area (Å²) in [5.74, 6) is -0.718.